The van der Waals surface area contributed by atoms with Crippen LogP contribution in [0, 0.1) is 6.92 Å². The first-order chi connectivity index (χ1) is 8.47. The Labute approximate surface area is 108 Å². The molecule has 1 aromatic rings. The van der Waals surface area contributed by atoms with E-state index in [1.54, 1.807) is 12.1 Å². The lowest BCUT2D eigenvalue weighted by atomic mass is 10.0. The van der Waals surface area contributed by atoms with Crippen molar-refractivity contribution in [2.45, 2.75) is 18.6 Å². The van der Waals surface area contributed by atoms with Crippen LogP contribution in [-0.4, -0.2) is 27.4 Å². The quantitative estimate of drug-likeness (QED) is 0.855. The van der Waals surface area contributed by atoms with Crippen LogP contribution >= 0.6 is 11.8 Å². The summed E-state index contributed by atoms with van der Waals surface area (Å²) in [5.41, 5.74) is 7.20. The van der Waals surface area contributed by atoms with Gasteiger partial charge in [-0.15, -0.1) is 0 Å². The summed E-state index contributed by atoms with van der Waals surface area (Å²) in [6, 6.07) is 5.17. The number of aryl methyl sites for hydroxylation is 1. The molecule has 3 N–H and O–H groups in total. The summed E-state index contributed by atoms with van der Waals surface area (Å²) in [5.74, 6) is -1.28. The standard InChI is InChI=1S/C12H12N2O3S/c1-6-2-3-7(8(4-6)11(16)17)5-9-10(15)14-12(13)18-9/h2-4,9H,5H2,1H3,(H,16,17)(H2,13,14,15). The number of rotatable bonds is 3. The van der Waals surface area contributed by atoms with Crippen molar-refractivity contribution in [3.8, 4) is 0 Å². The minimum Gasteiger partial charge on any atom is -0.478 e. The van der Waals surface area contributed by atoms with Crippen molar-refractivity contribution in [2.75, 3.05) is 0 Å². The number of nitrogens with zero attached hydrogens (tertiary/aromatic N) is 1. The molecule has 1 atom stereocenters. The summed E-state index contributed by atoms with van der Waals surface area (Å²) in [5, 5.41) is 8.97. The molecule has 1 amide bonds. The molecule has 0 spiro atoms. The SMILES string of the molecule is Cc1ccc(CC2SC(N)=NC2=O)c(C(=O)O)c1. The fourth-order valence-electron chi connectivity index (χ4n) is 1.80. The molecule has 0 saturated heterocycles. The van der Waals surface area contributed by atoms with Gasteiger partial charge in [-0.1, -0.05) is 29.5 Å². The predicted octanol–water partition coefficient (Wildman–Crippen LogP) is 1.19. The second kappa shape index (κ2) is 4.81. The number of carbonyl (C=O) groups is 2. The highest BCUT2D eigenvalue weighted by Gasteiger charge is 2.28. The topological polar surface area (TPSA) is 92.8 Å². The highest BCUT2D eigenvalue weighted by molar-refractivity contribution is 8.15. The lowest BCUT2D eigenvalue weighted by Crippen LogP contribution is -2.16. The third-order valence-electron chi connectivity index (χ3n) is 2.66. The van der Waals surface area contributed by atoms with Crippen LogP contribution in [0.2, 0.25) is 0 Å². The van der Waals surface area contributed by atoms with Gasteiger partial charge in [0.25, 0.3) is 5.91 Å². The van der Waals surface area contributed by atoms with E-state index in [-0.39, 0.29) is 16.6 Å². The first kappa shape index (κ1) is 12.6. The second-order valence-electron chi connectivity index (χ2n) is 4.06. The summed E-state index contributed by atoms with van der Waals surface area (Å²) >= 11 is 1.18. The number of aliphatic imine (C=N–C) groups is 1. The molecule has 6 heteroatoms. The molecule has 2 rings (SSSR count). The van der Waals surface area contributed by atoms with E-state index in [0.717, 1.165) is 5.56 Å². The molecule has 0 aromatic heterocycles. The summed E-state index contributed by atoms with van der Waals surface area (Å²) in [6.07, 6.45) is 0.329. The summed E-state index contributed by atoms with van der Waals surface area (Å²) < 4.78 is 0. The van der Waals surface area contributed by atoms with Crippen molar-refractivity contribution in [3.05, 3.63) is 34.9 Å². The third kappa shape index (κ3) is 2.53. The fraction of sp³-hybridized carbons (Fsp3) is 0.250. The van der Waals surface area contributed by atoms with Crippen molar-refractivity contribution in [1.82, 2.24) is 0 Å². The zero-order valence-corrected chi connectivity index (χ0v) is 10.5. The van der Waals surface area contributed by atoms with Crippen LogP contribution in [0.15, 0.2) is 23.2 Å². The summed E-state index contributed by atoms with van der Waals surface area (Å²) in [6.45, 7) is 1.83. The maximum absolute atomic E-state index is 11.5. The molecule has 94 valence electrons. The van der Waals surface area contributed by atoms with Gasteiger partial charge in [0.2, 0.25) is 0 Å². The number of carboxylic acid groups (broad SMARTS) is 1. The Morgan fingerprint density at radius 2 is 2.28 bits per heavy atom. The smallest absolute Gasteiger partial charge is 0.335 e. The number of amidine groups is 1. The van der Waals surface area contributed by atoms with E-state index >= 15 is 0 Å². The van der Waals surface area contributed by atoms with Crippen molar-refractivity contribution in [2.24, 2.45) is 10.7 Å². The zero-order valence-electron chi connectivity index (χ0n) is 9.71. The molecule has 1 aliphatic heterocycles. The van der Waals surface area contributed by atoms with Gasteiger partial charge in [-0.3, -0.25) is 4.79 Å². The zero-order chi connectivity index (χ0) is 13.3. The van der Waals surface area contributed by atoms with E-state index in [2.05, 4.69) is 4.99 Å². The normalized spacial score (nSPS) is 18.8. The van der Waals surface area contributed by atoms with E-state index in [9.17, 15) is 9.59 Å². The van der Waals surface area contributed by atoms with Gasteiger partial charge in [-0.05, 0) is 25.0 Å². The van der Waals surface area contributed by atoms with Crippen molar-refractivity contribution < 1.29 is 14.7 Å². The monoisotopic (exact) mass is 264 g/mol. The van der Waals surface area contributed by atoms with E-state index in [0.29, 0.717) is 12.0 Å². The highest BCUT2D eigenvalue weighted by atomic mass is 32.2. The van der Waals surface area contributed by atoms with E-state index in [1.807, 2.05) is 13.0 Å². The number of carboxylic acids is 1. The number of aromatic carboxylic acids is 1. The fourth-order valence-corrected chi connectivity index (χ4v) is 2.65. The van der Waals surface area contributed by atoms with Gasteiger partial charge >= 0.3 is 5.97 Å². The van der Waals surface area contributed by atoms with Crippen LogP contribution < -0.4 is 5.73 Å². The maximum atomic E-state index is 11.5. The van der Waals surface area contributed by atoms with Crippen molar-refractivity contribution in [1.29, 1.82) is 0 Å². The minimum atomic E-state index is -0.988. The van der Waals surface area contributed by atoms with Gasteiger partial charge in [0.1, 0.15) is 0 Å². The van der Waals surface area contributed by atoms with Crippen LogP contribution in [0.3, 0.4) is 0 Å². The van der Waals surface area contributed by atoms with E-state index in [1.165, 1.54) is 11.8 Å². The van der Waals surface area contributed by atoms with Gasteiger partial charge in [0.15, 0.2) is 5.17 Å². The average Bonchev–Trinajstić information content (AvgIpc) is 2.60. The number of carbonyl (C=O) groups excluding carboxylic acids is 1. The maximum Gasteiger partial charge on any atom is 0.335 e. The molecule has 1 aliphatic rings. The van der Waals surface area contributed by atoms with Crippen LogP contribution in [0.25, 0.3) is 0 Å². The number of hydrogen-bond donors (Lipinski definition) is 2. The molecular formula is C12H12N2O3S. The van der Waals surface area contributed by atoms with E-state index < -0.39 is 11.2 Å². The number of benzene rings is 1. The molecular weight excluding hydrogens is 252 g/mol. The minimum absolute atomic E-state index is 0.230. The van der Waals surface area contributed by atoms with Crippen LogP contribution in [0.4, 0.5) is 0 Å². The molecule has 0 fully saturated rings. The largest absolute Gasteiger partial charge is 0.478 e. The molecule has 1 aromatic carbocycles. The summed E-state index contributed by atoms with van der Waals surface area (Å²) in [4.78, 5) is 26.3. The average molecular weight is 264 g/mol. The number of thioether (sulfide) groups is 1. The van der Waals surface area contributed by atoms with Gasteiger partial charge in [0, 0.05) is 0 Å². The number of nitrogens with two attached hydrogens (primary N) is 1. The van der Waals surface area contributed by atoms with Crippen LogP contribution in [0.1, 0.15) is 21.5 Å². The Bertz CT molecular complexity index is 554. The Balaban J connectivity index is 2.25. The van der Waals surface area contributed by atoms with Gasteiger partial charge in [0.05, 0.1) is 10.8 Å². The lowest BCUT2D eigenvalue weighted by Gasteiger charge is -2.10. The molecule has 0 saturated carbocycles. The Morgan fingerprint density at radius 1 is 1.56 bits per heavy atom. The predicted molar refractivity (Wildman–Crippen MR) is 69.9 cm³/mol. The number of hydrogen-bond acceptors (Lipinski definition) is 4. The number of amides is 1. The van der Waals surface area contributed by atoms with Crippen LogP contribution in [-0.2, 0) is 11.2 Å². The molecule has 0 bridgehead atoms. The molecule has 18 heavy (non-hydrogen) atoms. The first-order valence-corrected chi connectivity index (χ1v) is 6.23. The molecule has 0 aliphatic carbocycles. The van der Waals surface area contributed by atoms with Crippen LogP contribution in [0.5, 0.6) is 0 Å². The third-order valence-corrected chi connectivity index (χ3v) is 3.65. The molecule has 0 radical (unpaired) electrons. The molecule has 5 nitrogen and oxygen atoms in total. The van der Waals surface area contributed by atoms with Gasteiger partial charge in [-0.2, -0.15) is 4.99 Å². The lowest BCUT2D eigenvalue weighted by molar-refractivity contribution is -0.117. The van der Waals surface area contributed by atoms with Crippen molar-refractivity contribution in [3.63, 3.8) is 0 Å². The van der Waals surface area contributed by atoms with Gasteiger partial charge in [-0.25, -0.2) is 4.79 Å². The molecule has 1 unspecified atom stereocenters. The second-order valence-corrected chi connectivity index (χ2v) is 5.29. The Morgan fingerprint density at radius 3 is 2.83 bits per heavy atom. The van der Waals surface area contributed by atoms with Crippen molar-refractivity contribution >= 4 is 28.8 Å². The summed E-state index contributed by atoms with van der Waals surface area (Å²) in [7, 11) is 0. The highest BCUT2D eigenvalue weighted by Crippen LogP contribution is 2.25. The van der Waals surface area contributed by atoms with Gasteiger partial charge < -0.3 is 10.8 Å². The van der Waals surface area contributed by atoms with E-state index in [4.69, 9.17) is 10.8 Å². The Hall–Kier alpha value is -1.82. The first-order valence-electron chi connectivity index (χ1n) is 5.35. The molecule has 1 heterocycles. The Kier molecular flexibility index (Phi) is 3.38.